The Morgan fingerprint density at radius 2 is 2.12 bits per heavy atom. The fraction of sp³-hybridized carbons (Fsp3) is 0.111. The highest BCUT2D eigenvalue weighted by molar-refractivity contribution is 6.08. The molecule has 3 aromatic rings. The number of nitro groups is 1. The number of imidazole rings is 1. The van der Waals surface area contributed by atoms with E-state index in [1.165, 1.54) is 18.2 Å². The highest BCUT2D eigenvalue weighted by Crippen LogP contribution is 2.23. The molecule has 0 aliphatic rings. The van der Waals surface area contributed by atoms with Crippen LogP contribution in [0, 0.1) is 10.1 Å². The van der Waals surface area contributed by atoms with Crippen LogP contribution < -0.4 is 10.6 Å². The van der Waals surface area contributed by atoms with Gasteiger partial charge in [0.05, 0.1) is 16.8 Å². The van der Waals surface area contributed by atoms with E-state index in [2.05, 4.69) is 15.6 Å². The minimum absolute atomic E-state index is 0.136. The Morgan fingerprint density at radius 1 is 1.27 bits per heavy atom. The van der Waals surface area contributed by atoms with E-state index in [1.54, 1.807) is 25.6 Å². The molecule has 8 heteroatoms. The summed E-state index contributed by atoms with van der Waals surface area (Å²) in [6.07, 6.45) is 5.27. The summed E-state index contributed by atoms with van der Waals surface area (Å²) in [6.45, 7) is 0.627. The number of aromatic nitrogens is 2. The number of anilines is 2. The standard InChI is InChI=1S/C18H17N5O3/c1-19-17-6-5-15(23(25)26)10-16(17)18(24)21-14-4-2-3-13(9-14)11-22-8-7-20-12-22/h2-10,12,19H,11H2,1H3,(H,21,24). The number of rotatable bonds is 6. The fourth-order valence-corrected chi connectivity index (χ4v) is 2.59. The van der Waals surface area contributed by atoms with E-state index in [-0.39, 0.29) is 11.3 Å². The van der Waals surface area contributed by atoms with Crippen LogP contribution in [0.1, 0.15) is 15.9 Å². The molecular formula is C18H17N5O3. The van der Waals surface area contributed by atoms with E-state index in [0.717, 1.165) is 5.56 Å². The third-order valence-corrected chi connectivity index (χ3v) is 3.84. The van der Waals surface area contributed by atoms with Gasteiger partial charge in [0.1, 0.15) is 0 Å². The number of hydrogen-bond acceptors (Lipinski definition) is 5. The monoisotopic (exact) mass is 351 g/mol. The molecule has 0 saturated carbocycles. The maximum atomic E-state index is 12.6. The number of non-ortho nitro benzene ring substituents is 1. The zero-order valence-electron chi connectivity index (χ0n) is 14.0. The van der Waals surface area contributed by atoms with Gasteiger partial charge in [0.2, 0.25) is 0 Å². The molecule has 8 nitrogen and oxygen atoms in total. The van der Waals surface area contributed by atoms with Gasteiger partial charge in [-0.15, -0.1) is 0 Å². The lowest BCUT2D eigenvalue weighted by Gasteiger charge is -2.11. The van der Waals surface area contributed by atoms with E-state index in [1.807, 2.05) is 29.0 Å². The molecule has 1 heterocycles. The first-order chi connectivity index (χ1) is 12.6. The maximum Gasteiger partial charge on any atom is 0.270 e. The van der Waals surface area contributed by atoms with Crippen molar-refractivity contribution in [1.29, 1.82) is 0 Å². The van der Waals surface area contributed by atoms with Crippen molar-refractivity contribution in [1.82, 2.24) is 9.55 Å². The normalized spacial score (nSPS) is 10.3. The summed E-state index contributed by atoms with van der Waals surface area (Å²) in [5, 5.41) is 16.6. The first-order valence-electron chi connectivity index (χ1n) is 7.89. The second kappa shape index (κ2) is 7.47. The molecule has 0 spiro atoms. The Labute approximate surface area is 149 Å². The Balaban J connectivity index is 1.81. The minimum Gasteiger partial charge on any atom is -0.387 e. The van der Waals surface area contributed by atoms with Crippen LogP contribution in [0.25, 0.3) is 0 Å². The zero-order valence-corrected chi connectivity index (χ0v) is 14.0. The SMILES string of the molecule is CNc1ccc([N+](=O)[O-])cc1C(=O)Nc1cccc(Cn2ccnc2)c1. The Bertz CT molecular complexity index is 938. The molecule has 2 aromatic carbocycles. The van der Waals surface area contributed by atoms with Gasteiger partial charge < -0.3 is 15.2 Å². The van der Waals surface area contributed by atoms with Crippen molar-refractivity contribution >= 4 is 23.0 Å². The molecule has 0 unspecified atom stereocenters. The average molecular weight is 351 g/mol. The molecule has 2 N–H and O–H groups in total. The summed E-state index contributed by atoms with van der Waals surface area (Å²) < 4.78 is 1.92. The van der Waals surface area contributed by atoms with Gasteiger partial charge in [-0.05, 0) is 23.8 Å². The summed E-state index contributed by atoms with van der Waals surface area (Å²) >= 11 is 0. The summed E-state index contributed by atoms with van der Waals surface area (Å²) in [7, 11) is 1.66. The zero-order chi connectivity index (χ0) is 18.5. The number of nitro benzene ring substituents is 1. The van der Waals surface area contributed by atoms with Crippen molar-refractivity contribution in [2.75, 3.05) is 17.7 Å². The molecule has 0 aliphatic carbocycles. The van der Waals surface area contributed by atoms with Crippen molar-refractivity contribution in [2.45, 2.75) is 6.54 Å². The summed E-state index contributed by atoms with van der Waals surface area (Å²) in [4.78, 5) is 27.1. The van der Waals surface area contributed by atoms with Crippen LogP contribution in [0.3, 0.4) is 0 Å². The van der Waals surface area contributed by atoms with E-state index in [4.69, 9.17) is 0 Å². The highest BCUT2D eigenvalue weighted by Gasteiger charge is 2.16. The summed E-state index contributed by atoms with van der Waals surface area (Å²) in [6, 6.07) is 11.5. The van der Waals surface area contributed by atoms with Gasteiger partial charge in [0.25, 0.3) is 11.6 Å². The lowest BCUT2D eigenvalue weighted by atomic mass is 10.1. The van der Waals surface area contributed by atoms with Crippen molar-refractivity contribution < 1.29 is 9.72 Å². The van der Waals surface area contributed by atoms with E-state index in [9.17, 15) is 14.9 Å². The number of benzene rings is 2. The lowest BCUT2D eigenvalue weighted by molar-refractivity contribution is -0.384. The van der Waals surface area contributed by atoms with Crippen molar-refractivity contribution in [3.63, 3.8) is 0 Å². The largest absolute Gasteiger partial charge is 0.387 e. The van der Waals surface area contributed by atoms with Crippen LogP contribution >= 0.6 is 0 Å². The van der Waals surface area contributed by atoms with Gasteiger partial charge in [0.15, 0.2) is 0 Å². The Hall–Kier alpha value is -3.68. The first kappa shape index (κ1) is 17.2. The first-order valence-corrected chi connectivity index (χ1v) is 7.89. The van der Waals surface area contributed by atoms with Crippen LogP contribution in [-0.2, 0) is 6.54 Å². The molecule has 0 saturated heterocycles. The predicted octanol–water partition coefficient (Wildman–Crippen LogP) is 3.13. The number of hydrogen-bond donors (Lipinski definition) is 2. The van der Waals surface area contributed by atoms with Crippen molar-refractivity contribution in [2.24, 2.45) is 0 Å². The van der Waals surface area contributed by atoms with Gasteiger partial charge in [-0.2, -0.15) is 0 Å². The molecule has 1 aromatic heterocycles. The topological polar surface area (TPSA) is 102 Å². The molecule has 0 radical (unpaired) electrons. The van der Waals surface area contributed by atoms with Crippen LogP contribution in [0.2, 0.25) is 0 Å². The van der Waals surface area contributed by atoms with Crippen molar-refractivity contribution in [3.8, 4) is 0 Å². The lowest BCUT2D eigenvalue weighted by Crippen LogP contribution is -2.14. The molecule has 3 rings (SSSR count). The van der Waals surface area contributed by atoms with E-state index in [0.29, 0.717) is 17.9 Å². The molecular weight excluding hydrogens is 334 g/mol. The second-order valence-electron chi connectivity index (χ2n) is 5.63. The van der Waals surface area contributed by atoms with Crippen molar-refractivity contribution in [3.05, 3.63) is 82.4 Å². The smallest absolute Gasteiger partial charge is 0.270 e. The third-order valence-electron chi connectivity index (χ3n) is 3.84. The van der Waals surface area contributed by atoms with E-state index >= 15 is 0 Å². The van der Waals surface area contributed by atoms with E-state index < -0.39 is 10.8 Å². The summed E-state index contributed by atoms with van der Waals surface area (Å²) in [5.74, 6) is -0.419. The molecule has 1 amide bonds. The van der Waals surface area contributed by atoms with Crippen LogP contribution in [0.15, 0.2) is 61.2 Å². The van der Waals surface area contributed by atoms with Crippen LogP contribution in [0.5, 0.6) is 0 Å². The quantitative estimate of drug-likeness (QED) is 0.525. The van der Waals surface area contributed by atoms with Gasteiger partial charge in [-0.1, -0.05) is 12.1 Å². The third kappa shape index (κ3) is 3.86. The number of nitrogens with one attached hydrogen (secondary N) is 2. The van der Waals surface area contributed by atoms with Gasteiger partial charge in [-0.3, -0.25) is 14.9 Å². The Morgan fingerprint density at radius 3 is 2.81 bits per heavy atom. The maximum absolute atomic E-state index is 12.6. The number of amides is 1. The Kier molecular flexibility index (Phi) is 4.93. The predicted molar refractivity (Wildman–Crippen MR) is 98.4 cm³/mol. The molecule has 0 fully saturated rings. The second-order valence-corrected chi connectivity index (χ2v) is 5.63. The number of carbonyl (C=O) groups excluding carboxylic acids is 1. The molecule has 26 heavy (non-hydrogen) atoms. The molecule has 0 atom stereocenters. The highest BCUT2D eigenvalue weighted by atomic mass is 16.6. The summed E-state index contributed by atoms with van der Waals surface area (Å²) in [5.41, 5.74) is 2.20. The van der Waals surface area contributed by atoms with Gasteiger partial charge in [0, 0.05) is 49.5 Å². The molecule has 132 valence electrons. The minimum atomic E-state index is -0.526. The van der Waals surface area contributed by atoms with Crippen LogP contribution in [-0.4, -0.2) is 27.4 Å². The fourth-order valence-electron chi connectivity index (χ4n) is 2.59. The number of carbonyl (C=O) groups is 1. The average Bonchev–Trinajstić information content (AvgIpc) is 3.14. The van der Waals surface area contributed by atoms with Gasteiger partial charge >= 0.3 is 0 Å². The molecule has 0 bridgehead atoms. The number of nitrogens with zero attached hydrogens (tertiary/aromatic N) is 3. The van der Waals surface area contributed by atoms with Crippen LogP contribution in [0.4, 0.5) is 17.1 Å². The molecule has 0 aliphatic heterocycles. The van der Waals surface area contributed by atoms with Gasteiger partial charge in [-0.25, -0.2) is 4.98 Å².